The quantitative estimate of drug-likeness (QED) is 0.813. The molecule has 1 aromatic rings. The molecule has 1 aromatic carbocycles. The minimum Gasteiger partial charge on any atom is -0.489 e. The number of hydrogen-bond acceptors (Lipinski definition) is 5. The fraction of sp³-hybridized carbons (Fsp3) is 0.533. The summed E-state index contributed by atoms with van der Waals surface area (Å²) in [5, 5.41) is 22.1. The second kappa shape index (κ2) is 7.25. The van der Waals surface area contributed by atoms with Gasteiger partial charge in [-0.25, -0.2) is 0 Å². The number of hydrogen-bond donors (Lipinski definition) is 2. The predicted molar refractivity (Wildman–Crippen MR) is 74.5 cm³/mol. The van der Waals surface area contributed by atoms with Crippen LogP contribution in [-0.2, 0) is 4.74 Å². The first-order valence-corrected chi connectivity index (χ1v) is 6.85. The molecule has 1 saturated heterocycles. The van der Waals surface area contributed by atoms with Crippen LogP contribution in [0.2, 0.25) is 0 Å². The second-order valence-electron chi connectivity index (χ2n) is 4.95. The van der Waals surface area contributed by atoms with Gasteiger partial charge >= 0.3 is 0 Å². The van der Waals surface area contributed by atoms with E-state index in [0.717, 1.165) is 13.0 Å². The molecular weight excluding hydrogens is 256 g/mol. The van der Waals surface area contributed by atoms with Crippen molar-refractivity contribution in [1.29, 1.82) is 5.26 Å². The summed E-state index contributed by atoms with van der Waals surface area (Å²) in [6.45, 7) is 3.40. The first-order valence-electron chi connectivity index (χ1n) is 6.85. The van der Waals surface area contributed by atoms with Gasteiger partial charge in [-0.15, -0.1) is 0 Å². The van der Waals surface area contributed by atoms with Crippen molar-refractivity contribution in [3.8, 4) is 11.8 Å². The van der Waals surface area contributed by atoms with Gasteiger partial charge in [0.25, 0.3) is 0 Å². The number of nitrogens with zero attached hydrogens (tertiary/aromatic N) is 1. The minimum absolute atomic E-state index is 0.160. The molecule has 2 N–H and O–H groups in total. The molecule has 0 aromatic heterocycles. The summed E-state index contributed by atoms with van der Waals surface area (Å²) in [6, 6.07) is 9.36. The summed E-state index contributed by atoms with van der Waals surface area (Å²) < 4.78 is 10.9. The van der Waals surface area contributed by atoms with Gasteiger partial charge in [-0.2, -0.15) is 5.26 Å². The van der Waals surface area contributed by atoms with Gasteiger partial charge < -0.3 is 19.9 Å². The molecule has 3 unspecified atom stereocenters. The molecule has 5 nitrogen and oxygen atoms in total. The predicted octanol–water partition coefficient (Wildman–Crippen LogP) is 1.06. The molecule has 108 valence electrons. The Morgan fingerprint density at radius 1 is 1.55 bits per heavy atom. The second-order valence-corrected chi connectivity index (χ2v) is 4.95. The topological polar surface area (TPSA) is 74.5 Å². The van der Waals surface area contributed by atoms with Crippen LogP contribution in [0.4, 0.5) is 0 Å². The van der Waals surface area contributed by atoms with Crippen molar-refractivity contribution in [3.05, 3.63) is 29.8 Å². The Kier molecular flexibility index (Phi) is 5.36. The maximum Gasteiger partial charge on any atom is 0.137 e. The van der Waals surface area contributed by atoms with Crippen molar-refractivity contribution < 1.29 is 14.6 Å². The zero-order chi connectivity index (χ0) is 14.4. The number of nitrogens with one attached hydrogen (secondary N) is 1. The highest BCUT2D eigenvalue weighted by atomic mass is 16.5. The van der Waals surface area contributed by atoms with Crippen LogP contribution in [0.5, 0.6) is 5.75 Å². The van der Waals surface area contributed by atoms with Gasteiger partial charge in [-0.3, -0.25) is 0 Å². The lowest BCUT2D eigenvalue weighted by atomic mass is 10.1. The van der Waals surface area contributed by atoms with Gasteiger partial charge in [0.1, 0.15) is 24.5 Å². The van der Waals surface area contributed by atoms with Crippen molar-refractivity contribution >= 4 is 0 Å². The molecule has 2 rings (SSSR count). The van der Waals surface area contributed by atoms with E-state index >= 15 is 0 Å². The SMILES string of the molecule is CC1OCCC1NCC(O)COc1ccccc1C#N. The van der Waals surface area contributed by atoms with Gasteiger partial charge in [0.15, 0.2) is 0 Å². The summed E-state index contributed by atoms with van der Waals surface area (Å²) >= 11 is 0. The average Bonchev–Trinajstić information content (AvgIpc) is 2.88. The molecule has 0 aliphatic carbocycles. The highest BCUT2D eigenvalue weighted by molar-refractivity contribution is 5.42. The fourth-order valence-electron chi connectivity index (χ4n) is 2.22. The van der Waals surface area contributed by atoms with E-state index in [4.69, 9.17) is 14.7 Å². The molecule has 0 bridgehead atoms. The fourth-order valence-corrected chi connectivity index (χ4v) is 2.22. The van der Waals surface area contributed by atoms with Crippen molar-refractivity contribution in [2.75, 3.05) is 19.8 Å². The Bertz CT molecular complexity index is 472. The number of aliphatic hydroxyl groups excluding tert-OH is 1. The van der Waals surface area contributed by atoms with E-state index in [-0.39, 0.29) is 18.8 Å². The summed E-state index contributed by atoms with van der Waals surface area (Å²) in [4.78, 5) is 0. The van der Waals surface area contributed by atoms with Gasteiger partial charge in [0.2, 0.25) is 0 Å². The molecule has 3 atom stereocenters. The normalized spacial score (nSPS) is 23.2. The van der Waals surface area contributed by atoms with Crippen LogP contribution in [0.3, 0.4) is 0 Å². The Morgan fingerprint density at radius 3 is 3.05 bits per heavy atom. The number of benzene rings is 1. The Hall–Kier alpha value is -1.61. The molecule has 0 saturated carbocycles. The first kappa shape index (κ1) is 14.8. The lowest BCUT2D eigenvalue weighted by Crippen LogP contribution is -2.41. The Labute approximate surface area is 119 Å². The number of ether oxygens (including phenoxy) is 2. The molecular formula is C15H20N2O3. The summed E-state index contributed by atoms with van der Waals surface area (Å²) in [6.07, 6.45) is 0.531. The molecule has 1 aliphatic rings. The van der Waals surface area contributed by atoms with Crippen molar-refractivity contribution in [2.45, 2.75) is 31.6 Å². The third-order valence-electron chi connectivity index (χ3n) is 3.43. The van der Waals surface area contributed by atoms with Gasteiger partial charge in [0, 0.05) is 19.2 Å². The third-order valence-corrected chi connectivity index (χ3v) is 3.43. The average molecular weight is 276 g/mol. The van der Waals surface area contributed by atoms with Crippen molar-refractivity contribution in [3.63, 3.8) is 0 Å². The van der Waals surface area contributed by atoms with Crippen LogP contribution in [0.25, 0.3) is 0 Å². The molecule has 1 heterocycles. The lowest BCUT2D eigenvalue weighted by molar-refractivity contribution is 0.0896. The third kappa shape index (κ3) is 3.94. The zero-order valence-corrected chi connectivity index (χ0v) is 11.6. The standard InChI is InChI=1S/C15H20N2O3/c1-11-14(6-7-19-11)17-9-13(18)10-20-15-5-3-2-4-12(15)8-16/h2-5,11,13-14,17-18H,6-7,9-10H2,1H3. The van der Waals surface area contributed by atoms with Crippen LogP contribution in [0, 0.1) is 11.3 Å². The smallest absolute Gasteiger partial charge is 0.137 e. The van der Waals surface area contributed by atoms with Crippen LogP contribution in [0.15, 0.2) is 24.3 Å². The van der Waals surface area contributed by atoms with Crippen LogP contribution in [0.1, 0.15) is 18.9 Å². The molecule has 1 fully saturated rings. The van der Waals surface area contributed by atoms with Gasteiger partial charge in [0.05, 0.1) is 11.7 Å². The van der Waals surface area contributed by atoms with Crippen molar-refractivity contribution in [1.82, 2.24) is 5.32 Å². The van der Waals surface area contributed by atoms with E-state index in [9.17, 15) is 5.11 Å². The van der Waals surface area contributed by atoms with E-state index in [1.165, 1.54) is 0 Å². The maximum atomic E-state index is 9.91. The zero-order valence-electron chi connectivity index (χ0n) is 11.6. The number of rotatable bonds is 6. The molecule has 20 heavy (non-hydrogen) atoms. The maximum absolute atomic E-state index is 9.91. The molecule has 0 spiro atoms. The highest BCUT2D eigenvalue weighted by Gasteiger charge is 2.24. The van der Waals surface area contributed by atoms with E-state index < -0.39 is 6.10 Å². The van der Waals surface area contributed by atoms with E-state index in [2.05, 4.69) is 11.4 Å². The summed E-state index contributed by atoms with van der Waals surface area (Å²) in [5.41, 5.74) is 0.477. The summed E-state index contributed by atoms with van der Waals surface area (Å²) in [7, 11) is 0. The first-order chi connectivity index (χ1) is 9.70. The molecule has 1 aliphatic heterocycles. The van der Waals surface area contributed by atoms with Crippen LogP contribution < -0.4 is 10.1 Å². The lowest BCUT2D eigenvalue weighted by Gasteiger charge is -2.19. The van der Waals surface area contributed by atoms with E-state index in [0.29, 0.717) is 17.9 Å². The minimum atomic E-state index is -0.616. The number of nitriles is 1. The summed E-state index contributed by atoms with van der Waals surface area (Å²) in [5.74, 6) is 0.506. The monoisotopic (exact) mass is 276 g/mol. The largest absolute Gasteiger partial charge is 0.489 e. The highest BCUT2D eigenvalue weighted by Crippen LogP contribution is 2.16. The van der Waals surface area contributed by atoms with Gasteiger partial charge in [-0.05, 0) is 25.5 Å². The van der Waals surface area contributed by atoms with Crippen molar-refractivity contribution in [2.24, 2.45) is 0 Å². The van der Waals surface area contributed by atoms with E-state index in [1.807, 2.05) is 6.92 Å². The number of aliphatic hydroxyl groups is 1. The molecule has 0 amide bonds. The molecule has 5 heteroatoms. The van der Waals surface area contributed by atoms with Crippen LogP contribution >= 0.6 is 0 Å². The van der Waals surface area contributed by atoms with E-state index in [1.54, 1.807) is 24.3 Å². The molecule has 0 radical (unpaired) electrons. The Morgan fingerprint density at radius 2 is 2.35 bits per heavy atom. The Balaban J connectivity index is 1.75. The number of para-hydroxylation sites is 1. The van der Waals surface area contributed by atoms with Gasteiger partial charge in [-0.1, -0.05) is 12.1 Å². The van der Waals surface area contributed by atoms with Crippen LogP contribution in [-0.4, -0.2) is 43.1 Å².